The second-order valence-corrected chi connectivity index (χ2v) is 8.00. The fourth-order valence-electron chi connectivity index (χ4n) is 3.21. The van der Waals surface area contributed by atoms with E-state index in [0.717, 1.165) is 29.6 Å². The Hall–Kier alpha value is -2.25. The molecule has 2 aromatic heterocycles. The minimum Gasteiger partial charge on any atom is -0.261 e. The lowest BCUT2D eigenvalue weighted by atomic mass is 9.95. The Morgan fingerprint density at radius 1 is 1.12 bits per heavy atom. The maximum atomic E-state index is 12.8. The van der Waals surface area contributed by atoms with E-state index < -0.39 is 10.0 Å². The second-order valence-electron chi connectivity index (χ2n) is 6.06. The molecule has 1 N–H and O–H groups in total. The number of sulfonamides is 1. The van der Waals surface area contributed by atoms with E-state index in [4.69, 9.17) is 0 Å². The first-order valence-electron chi connectivity index (χ1n) is 8.00. The van der Waals surface area contributed by atoms with E-state index in [2.05, 4.69) is 15.2 Å². The minimum atomic E-state index is -3.45. The number of aromatic nitrogens is 3. The summed E-state index contributed by atoms with van der Waals surface area (Å²) in [6.07, 6.45) is 3.51. The number of nitrogens with one attached hydrogen (secondary N) is 1. The zero-order valence-corrected chi connectivity index (χ0v) is 13.9. The van der Waals surface area contributed by atoms with Crippen LogP contribution in [0.4, 0.5) is 0 Å². The van der Waals surface area contributed by atoms with Gasteiger partial charge in [0, 0.05) is 30.1 Å². The molecule has 0 spiro atoms. The fourth-order valence-corrected chi connectivity index (χ4v) is 4.76. The van der Waals surface area contributed by atoms with Crippen LogP contribution in [0.25, 0.3) is 11.0 Å². The largest absolute Gasteiger partial charge is 0.261 e. The molecule has 0 amide bonds. The molecular weight excluding hydrogens is 324 g/mol. The van der Waals surface area contributed by atoms with Crippen molar-refractivity contribution in [1.29, 1.82) is 0 Å². The van der Waals surface area contributed by atoms with Gasteiger partial charge in [0.15, 0.2) is 5.65 Å². The van der Waals surface area contributed by atoms with Crippen LogP contribution in [0.15, 0.2) is 53.6 Å². The van der Waals surface area contributed by atoms with Gasteiger partial charge in [0.25, 0.3) is 0 Å². The molecule has 4 rings (SSSR count). The third-order valence-electron chi connectivity index (χ3n) is 4.51. The van der Waals surface area contributed by atoms with Crippen LogP contribution in [0.3, 0.4) is 0 Å². The van der Waals surface area contributed by atoms with Crippen molar-refractivity contribution in [2.24, 2.45) is 0 Å². The van der Waals surface area contributed by atoms with Gasteiger partial charge in [-0.2, -0.15) is 9.40 Å². The Bertz CT molecular complexity index is 953. The van der Waals surface area contributed by atoms with Crippen LogP contribution >= 0.6 is 0 Å². The van der Waals surface area contributed by atoms with Crippen LogP contribution in [-0.2, 0) is 10.0 Å². The molecule has 3 heterocycles. The Morgan fingerprint density at radius 2 is 1.96 bits per heavy atom. The quantitative estimate of drug-likeness (QED) is 0.793. The van der Waals surface area contributed by atoms with E-state index in [0.29, 0.717) is 18.0 Å². The molecule has 0 aliphatic carbocycles. The topological polar surface area (TPSA) is 79.0 Å². The highest BCUT2D eigenvalue weighted by Crippen LogP contribution is 2.30. The normalized spacial score (nSPS) is 19.6. The third-order valence-corrected chi connectivity index (χ3v) is 6.38. The van der Waals surface area contributed by atoms with E-state index in [1.54, 1.807) is 34.8 Å². The molecule has 1 atom stereocenters. The molecule has 3 aromatic rings. The number of hydrogen-bond donors (Lipinski definition) is 1. The van der Waals surface area contributed by atoms with Gasteiger partial charge in [-0.15, -0.1) is 0 Å². The molecule has 7 heteroatoms. The van der Waals surface area contributed by atoms with E-state index in [9.17, 15) is 8.42 Å². The van der Waals surface area contributed by atoms with Crippen LogP contribution in [0.1, 0.15) is 24.5 Å². The summed E-state index contributed by atoms with van der Waals surface area (Å²) in [6.45, 7) is 1.02. The molecule has 1 aliphatic rings. The highest BCUT2D eigenvalue weighted by molar-refractivity contribution is 7.89. The second kappa shape index (κ2) is 5.99. The number of aromatic amines is 1. The van der Waals surface area contributed by atoms with Crippen molar-refractivity contribution in [3.05, 3.63) is 54.4 Å². The Labute approximate surface area is 140 Å². The number of benzene rings is 1. The molecular formula is C17H18N4O2S. The highest BCUT2D eigenvalue weighted by atomic mass is 32.2. The van der Waals surface area contributed by atoms with Gasteiger partial charge in [-0.1, -0.05) is 18.2 Å². The first-order chi connectivity index (χ1) is 11.6. The van der Waals surface area contributed by atoms with Crippen LogP contribution in [0, 0.1) is 0 Å². The Morgan fingerprint density at radius 3 is 2.79 bits per heavy atom. The lowest BCUT2D eigenvalue weighted by molar-refractivity contribution is 0.313. The molecule has 1 saturated heterocycles. The van der Waals surface area contributed by atoms with Crippen molar-refractivity contribution >= 4 is 21.1 Å². The minimum absolute atomic E-state index is 0.102. The summed E-state index contributed by atoms with van der Waals surface area (Å²) in [6, 6.07) is 12.6. The van der Waals surface area contributed by atoms with Crippen molar-refractivity contribution in [3.63, 3.8) is 0 Å². The lowest BCUT2D eigenvalue weighted by Gasteiger charge is -2.31. The van der Waals surface area contributed by atoms with Gasteiger partial charge in [-0.25, -0.2) is 13.4 Å². The summed E-state index contributed by atoms with van der Waals surface area (Å²) < 4.78 is 27.2. The van der Waals surface area contributed by atoms with E-state index >= 15 is 0 Å². The molecule has 1 fully saturated rings. The third kappa shape index (κ3) is 2.70. The highest BCUT2D eigenvalue weighted by Gasteiger charge is 2.31. The molecule has 24 heavy (non-hydrogen) atoms. The predicted octanol–water partition coefficient (Wildman–Crippen LogP) is 2.53. The van der Waals surface area contributed by atoms with Crippen LogP contribution in [0.5, 0.6) is 0 Å². The van der Waals surface area contributed by atoms with Gasteiger partial charge < -0.3 is 0 Å². The van der Waals surface area contributed by atoms with Gasteiger partial charge >= 0.3 is 0 Å². The molecule has 0 radical (unpaired) electrons. The number of fused-ring (bicyclic) bond motifs is 1. The molecule has 0 bridgehead atoms. The molecule has 1 aromatic carbocycles. The maximum absolute atomic E-state index is 12.8. The van der Waals surface area contributed by atoms with Gasteiger partial charge in [0.2, 0.25) is 10.0 Å². The summed E-state index contributed by atoms with van der Waals surface area (Å²) in [7, 11) is -3.45. The van der Waals surface area contributed by atoms with Gasteiger partial charge in [0.1, 0.15) is 0 Å². The molecule has 124 valence electrons. The first-order valence-corrected chi connectivity index (χ1v) is 9.44. The Balaban J connectivity index is 1.61. The number of rotatable bonds is 3. The standard InChI is InChI=1S/C17H18N4O2S/c22-24(23,15-6-2-1-3-7-15)21-10-4-5-14(12-21)16-9-8-13-11-18-20-17(13)19-16/h1-3,6-9,11,14H,4-5,10,12H2,(H,18,19,20)/t14-/m1/s1. The fraction of sp³-hybridized carbons (Fsp3) is 0.294. The summed E-state index contributed by atoms with van der Waals surface area (Å²) in [5.41, 5.74) is 1.66. The maximum Gasteiger partial charge on any atom is 0.243 e. The lowest BCUT2D eigenvalue weighted by Crippen LogP contribution is -2.39. The van der Waals surface area contributed by atoms with Crippen LogP contribution in [0.2, 0.25) is 0 Å². The first kappa shape index (κ1) is 15.3. The number of nitrogens with zero attached hydrogens (tertiary/aromatic N) is 3. The summed E-state index contributed by atoms with van der Waals surface area (Å²) in [5.74, 6) is 0.102. The zero-order valence-electron chi connectivity index (χ0n) is 13.1. The van der Waals surface area contributed by atoms with Crippen LogP contribution in [-0.4, -0.2) is 41.0 Å². The average molecular weight is 342 g/mol. The molecule has 0 saturated carbocycles. The van der Waals surface area contributed by atoms with Crippen molar-refractivity contribution in [1.82, 2.24) is 19.5 Å². The van der Waals surface area contributed by atoms with Crippen molar-refractivity contribution < 1.29 is 8.42 Å². The monoisotopic (exact) mass is 342 g/mol. The SMILES string of the molecule is O=S(=O)(c1ccccc1)N1CCC[C@@H](c2ccc3cn[nH]c3n2)C1. The van der Waals surface area contributed by atoms with Gasteiger partial charge in [-0.3, -0.25) is 5.10 Å². The van der Waals surface area contributed by atoms with E-state index in [1.165, 1.54) is 0 Å². The average Bonchev–Trinajstić information content (AvgIpc) is 3.10. The van der Waals surface area contributed by atoms with E-state index in [-0.39, 0.29) is 5.92 Å². The van der Waals surface area contributed by atoms with Crippen molar-refractivity contribution in [3.8, 4) is 0 Å². The van der Waals surface area contributed by atoms with Crippen LogP contribution < -0.4 is 0 Å². The van der Waals surface area contributed by atoms with E-state index in [1.807, 2.05) is 18.2 Å². The van der Waals surface area contributed by atoms with Crippen molar-refractivity contribution in [2.75, 3.05) is 13.1 Å². The Kier molecular flexibility index (Phi) is 3.82. The smallest absolute Gasteiger partial charge is 0.243 e. The molecule has 0 unspecified atom stereocenters. The molecule has 1 aliphatic heterocycles. The number of pyridine rings is 1. The predicted molar refractivity (Wildman–Crippen MR) is 91.1 cm³/mol. The summed E-state index contributed by atoms with van der Waals surface area (Å²) in [4.78, 5) is 4.96. The molecule has 6 nitrogen and oxygen atoms in total. The number of H-pyrrole nitrogens is 1. The summed E-state index contributed by atoms with van der Waals surface area (Å²) >= 11 is 0. The number of piperidine rings is 1. The van der Waals surface area contributed by atoms with Crippen molar-refractivity contribution in [2.45, 2.75) is 23.7 Å². The summed E-state index contributed by atoms with van der Waals surface area (Å²) in [5, 5.41) is 7.82. The zero-order chi connectivity index (χ0) is 16.6. The van der Waals surface area contributed by atoms with Gasteiger partial charge in [-0.05, 0) is 37.1 Å². The number of hydrogen-bond acceptors (Lipinski definition) is 4. The van der Waals surface area contributed by atoms with Gasteiger partial charge in [0.05, 0.1) is 11.1 Å².